The van der Waals surface area contributed by atoms with Crippen LogP contribution in [0.5, 0.6) is 0 Å². The van der Waals surface area contributed by atoms with Crippen molar-refractivity contribution < 1.29 is 4.79 Å². The maximum absolute atomic E-state index is 11.1. The molecule has 0 unspecified atom stereocenters. The van der Waals surface area contributed by atoms with E-state index in [1.165, 1.54) is 0 Å². The van der Waals surface area contributed by atoms with E-state index in [0.29, 0.717) is 16.6 Å². The van der Waals surface area contributed by atoms with E-state index in [1.807, 2.05) is 6.07 Å². The van der Waals surface area contributed by atoms with Gasteiger partial charge in [0.25, 0.3) is 0 Å². The molecule has 0 spiro atoms. The molecule has 4 heteroatoms. The molecule has 0 aliphatic carbocycles. The normalized spacial score (nSPS) is 10.5. The fourth-order valence-corrected chi connectivity index (χ4v) is 1.74. The Hall–Kier alpha value is -1.22. The summed E-state index contributed by atoms with van der Waals surface area (Å²) in [5.41, 5.74) is 6.47. The van der Waals surface area contributed by atoms with Gasteiger partial charge in [0.15, 0.2) is 0 Å². The highest BCUT2D eigenvalue weighted by molar-refractivity contribution is 6.33. The molecule has 0 aromatic heterocycles. The van der Waals surface area contributed by atoms with Gasteiger partial charge in [0.2, 0.25) is 5.91 Å². The maximum Gasteiger partial charge on any atom is 0.250 e. The monoisotopic (exact) mass is 240 g/mol. The molecule has 0 heterocycles. The van der Waals surface area contributed by atoms with Crippen LogP contribution in [-0.4, -0.2) is 11.9 Å². The van der Waals surface area contributed by atoms with Crippen LogP contribution < -0.4 is 11.1 Å². The van der Waals surface area contributed by atoms with E-state index in [2.05, 4.69) is 19.2 Å². The smallest absolute Gasteiger partial charge is 0.250 e. The van der Waals surface area contributed by atoms with Crippen molar-refractivity contribution in [1.82, 2.24) is 0 Å². The molecule has 1 aromatic rings. The summed E-state index contributed by atoms with van der Waals surface area (Å²) < 4.78 is 0. The number of carbonyl (C=O) groups is 1. The molecular formula is C12H17ClN2O. The molecule has 0 radical (unpaired) electrons. The summed E-state index contributed by atoms with van der Waals surface area (Å²) in [7, 11) is 0. The molecule has 1 aromatic carbocycles. The molecule has 0 aliphatic heterocycles. The van der Waals surface area contributed by atoms with Crippen molar-refractivity contribution in [2.75, 3.05) is 5.32 Å². The highest BCUT2D eigenvalue weighted by Crippen LogP contribution is 2.21. The van der Waals surface area contributed by atoms with Crippen LogP contribution in [0.15, 0.2) is 18.2 Å². The van der Waals surface area contributed by atoms with Crippen LogP contribution in [-0.2, 0) is 0 Å². The molecule has 1 rings (SSSR count). The Morgan fingerprint density at radius 2 is 2.06 bits per heavy atom. The number of amides is 1. The SMILES string of the molecule is CCC(CC)Nc1ccc(Cl)c(C(N)=O)c1. The van der Waals surface area contributed by atoms with Gasteiger partial charge in [0.1, 0.15) is 0 Å². The zero-order valence-corrected chi connectivity index (χ0v) is 10.3. The predicted octanol–water partition coefficient (Wildman–Crippen LogP) is 3.04. The maximum atomic E-state index is 11.1. The topological polar surface area (TPSA) is 55.1 Å². The number of hydrogen-bond acceptors (Lipinski definition) is 2. The number of halogens is 1. The first-order valence-electron chi connectivity index (χ1n) is 5.44. The lowest BCUT2D eigenvalue weighted by atomic mass is 10.1. The summed E-state index contributed by atoms with van der Waals surface area (Å²) in [5.74, 6) is -0.502. The van der Waals surface area contributed by atoms with Gasteiger partial charge in [-0.1, -0.05) is 25.4 Å². The van der Waals surface area contributed by atoms with Crippen molar-refractivity contribution in [2.24, 2.45) is 5.73 Å². The van der Waals surface area contributed by atoms with Crippen molar-refractivity contribution in [3.05, 3.63) is 28.8 Å². The molecule has 0 aliphatic rings. The Balaban J connectivity index is 2.90. The summed E-state index contributed by atoms with van der Waals surface area (Å²) in [6, 6.07) is 5.64. The van der Waals surface area contributed by atoms with E-state index in [-0.39, 0.29) is 0 Å². The average Bonchev–Trinajstić information content (AvgIpc) is 2.27. The number of anilines is 1. The van der Waals surface area contributed by atoms with Crippen LogP contribution in [0.4, 0.5) is 5.69 Å². The highest BCUT2D eigenvalue weighted by atomic mass is 35.5. The molecule has 16 heavy (non-hydrogen) atoms. The fraction of sp³-hybridized carbons (Fsp3) is 0.417. The number of primary amides is 1. The Kier molecular flexibility index (Phi) is 4.62. The van der Waals surface area contributed by atoms with Gasteiger partial charge in [0, 0.05) is 11.7 Å². The van der Waals surface area contributed by atoms with Crippen molar-refractivity contribution in [1.29, 1.82) is 0 Å². The van der Waals surface area contributed by atoms with Gasteiger partial charge < -0.3 is 11.1 Å². The molecule has 88 valence electrons. The van der Waals surface area contributed by atoms with E-state index in [4.69, 9.17) is 17.3 Å². The molecule has 3 N–H and O–H groups in total. The predicted molar refractivity (Wildman–Crippen MR) is 68.0 cm³/mol. The zero-order chi connectivity index (χ0) is 12.1. The number of benzene rings is 1. The fourth-order valence-electron chi connectivity index (χ4n) is 1.53. The third-order valence-electron chi connectivity index (χ3n) is 2.59. The largest absolute Gasteiger partial charge is 0.382 e. The third kappa shape index (κ3) is 3.14. The molecular weight excluding hydrogens is 224 g/mol. The number of nitrogens with two attached hydrogens (primary N) is 1. The van der Waals surface area contributed by atoms with Gasteiger partial charge in [-0.15, -0.1) is 0 Å². The summed E-state index contributed by atoms with van der Waals surface area (Å²) in [6.45, 7) is 4.23. The third-order valence-corrected chi connectivity index (χ3v) is 2.92. The van der Waals surface area contributed by atoms with Gasteiger partial charge >= 0.3 is 0 Å². The van der Waals surface area contributed by atoms with Crippen molar-refractivity contribution in [3.63, 3.8) is 0 Å². The van der Waals surface area contributed by atoms with Gasteiger partial charge in [-0.2, -0.15) is 0 Å². The first-order valence-corrected chi connectivity index (χ1v) is 5.82. The molecule has 0 fully saturated rings. The number of rotatable bonds is 5. The Labute approximate surface area is 101 Å². The second-order valence-electron chi connectivity index (χ2n) is 3.72. The van der Waals surface area contributed by atoms with Crippen molar-refractivity contribution in [3.8, 4) is 0 Å². The number of carbonyl (C=O) groups excluding carboxylic acids is 1. The van der Waals surface area contributed by atoms with Crippen molar-refractivity contribution >= 4 is 23.2 Å². The lowest BCUT2D eigenvalue weighted by Gasteiger charge is -2.16. The highest BCUT2D eigenvalue weighted by Gasteiger charge is 2.09. The van der Waals surface area contributed by atoms with E-state index in [9.17, 15) is 4.79 Å². The molecule has 3 nitrogen and oxygen atoms in total. The van der Waals surface area contributed by atoms with Gasteiger partial charge in [-0.25, -0.2) is 0 Å². The van der Waals surface area contributed by atoms with Crippen LogP contribution in [0.3, 0.4) is 0 Å². The molecule has 0 saturated heterocycles. The zero-order valence-electron chi connectivity index (χ0n) is 9.59. The quantitative estimate of drug-likeness (QED) is 0.831. The summed E-state index contributed by atoms with van der Waals surface area (Å²) in [5, 5.41) is 3.73. The second-order valence-corrected chi connectivity index (χ2v) is 4.12. The van der Waals surface area contributed by atoms with Crippen LogP contribution in [0.2, 0.25) is 5.02 Å². The van der Waals surface area contributed by atoms with E-state index < -0.39 is 5.91 Å². The lowest BCUT2D eigenvalue weighted by Crippen LogP contribution is -2.18. The Morgan fingerprint density at radius 3 is 2.56 bits per heavy atom. The van der Waals surface area contributed by atoms with Crippen LogP contribution >= 0.6 is 11.6 Å². The van der Waals surface area contributed by atoms with E-state index in [1.54, 1.807) is 12.1 Å². The molecule has 1 amide bonds. The first kappa shape index (κ1) is 12.8. The Morgan fingerprint density at radius 1 is 1.44 bits per heavy atom. The average molecular weight is 241 g/mol. The van der Waals surface area contributed by atoms with Crippen molar-refractivity contribution in [2.45, 2.75) is 32.7 Å². The molecule has 0 bridgehead atoms. The summed E-state index contributed by atoms with van der Waals surface area (Å²) >= 11 is 5.87. The lowest BCUT2D eigenvalue weighted by molar-refractivity contribution is 0.100. The van der Waals surface area contributed by atoms with Gasteiger partial charge in [0.05, 0.1) is 10.6 Å². The van der Waals surface area contributed by atoms with Gasteiger partial charge in [-0.05, 0) is 31.0 Å². The summed E-state index contributed by atoms with van der Waals surface area (Å²) in [6.07, 6.45) is 2.07. The Bertz CT molecular complexity index is 375. The van der Waals surface area contributed by atoms with Crippen LogP contribution in [0.1, 0.15) is 37.0 Å². The minimum atomic E-state index is -0.502. The summed E-state index contributed by atoms with van der Waals surface area (Å²) in [4.78, 5) is 11.1. The van der Waals surface area contributed by atoms with Crippen LogP contribution in [0.25, 0.3) is 0 Å². The molecule has 0 saturated carbocycles. The van der Waals surface area contributed by atoms with Gasteiger partial charge in [-0.3, -0.25) is 4.79 Å². The van der Waals surface area contributed by atoms with Crippen LogP contribution in [0, 0.1) is 0 Å². The second kappa shape index (κ2) is 5.75. The number of hydrogen-bond donors (Lipinski definition) is 2. The number of nitrogens with one attached hydrogen (secondary N) is 1. The molecule has 0 atom stereocenters. The first-order chi connectivity index (χ1) is 7.58. The van der Waals surface area contributed by atoms with E-state index >= 15 is 0 Å². The minimum absolute atomic E-state index is 0.359. The standard InChI is InChI=1S/C12H17ClN2O/c1-3-8(4-2)15-9-5-6-11(13)10(7-9)12(14)16/h5-8,15H,3-4H2,1-2H3,(H2,14,16). The minimum Gasteiger partial charge on any atom is -0.382 e. The van der Waals surface area contributed by atoms with E-state index in [0.717, 1.165) is 18.5 Å².